The van der Waals surface area contributed by atoms with Crippen LogP contribution < -0.4 is 20.5 Å². The molecule has 0 atom stereocenters. The number of benzene rings is 2. The van der Waals surface area contributed by atoms with Gasteiger partial charge in [-0.2, -0.15) is 0 Å². The highest BCUT2D eigenvalue weighted by Crippen LogP contribution is 2.28. The third-order valence-electron chi connectivity index (χ3n) is 3.63. The molecule has 2 amide bonds. The summed E-state index contributed by atoms with van der Waals surface area (Å²) in [4.78, 5) is 23.5. The molecule has 0 saturated carbocycles. The average molecular weight is 367 g/mol. The predicted octanol–water partition coefficient (Wildman–Crippen LogP) is 1.39. The van der Waals surface area contributed by atoms with E-state index in [4.69, 9.17) is 15.2 Å². The molecule has 0 radical (unpaired) electrons. The first-order valence-corrected chi connectivity index (χ1v) is 7.92. The number of ether oxygens (including phenoxy) is 2. The lowest BCUT2D eigenvalue weighted by atomic mass is 10.2. The lowest BCUT2D eigenvalue weighted by Gasteiger charge is -2.13. The molecule has 0 bridgehead atoms. The summed E-state index contributed by atoms with van der Waals surface area (Å²) in [6, 6.07) is 11.7. The smallest absolute Gasteiger partial charge is 0.255 e. The molecule has 0 fully saturated rings. The van der Waals surface area contributed by atoms with Crippen LogP contribution in [0.15, 0.2) is 55.1 Å². The minimum Gasteiger partial charge on any atom is -0.495 e. The zero-order valence-corrected chi connectivity index (χ0v) is 14.5. The van der Waals surface area contributed by atoms with Crippen molar-refractivity contribution in [3.8, 4) is 17.2 Å². The van der Waals surface area contributed by atoms with Gasteiger partial charge in [-0.25, -0.2) is 0 Å². The number of aromatic nitrogens is 3. The van der Waals surface area contributed by atoms with Gasteiger partial charge < -0.3 is 20.5 Å². The SMILES string of the molecule is COc1ccc(-n2cnnc2)cc1NC(=O)c1cccc(OCC(N)=O)c1. The molecular formula is C18H17N5O4. The van der Waals surface area contributed by atoms with Crippen molar-refractivity contribution in [2.45, 2.75) is 0 Å². The lowest BCUT2D eigenvalue weighted by molar-refractivity contribution is -0.119. The van der Waals surface area contributed by atoms with Gasteiger partial charge >= 0.3 is 0 Å². The number of carbonyl (C=O) groups excluding carboxylic acids is 2. The fourth-order valence-corrected chi connectivity index (χ4v) is 2.36. The first-order chi connectivity index (χ1) is 13.1. The maximum atomic E-state index is 12.6. The second kappa shape index (κ2) is 8.00. The molecule has 0 unspecified atom stereocenters. The summed E-state index contributed by atoms with van der Waals surface area (Å²) in [5.41, 5.74) is 6.66. The Bertz CT molecular complexity index is 956. The van der Waals surface area contributed by atoms with Crippen LogP contribution in [-0.2, 0) is 4.79 Å². The van der Waals surface area contributed by atoms with Gasteiger partial charge in [-0.15, -0.1) is 10.2 Å². The van der Waals surface area contributed by atoms with Gasteiger partial charge in [0.05, 0.1) is 18.5 Å². The molecule has 0 saturated heterocycles. The van der Waals surface area contributed by atoms with Crippen molar-refractivity contribution >= 4 is 17.5 Å². The number of nitrogens with two attached hydrogens (primary N) is 1. The van der Waals surface area contributed by atoms with Crippen molar-refractivity contribution in [2.75, 3.05) is 19.0 Å². The third kappa shape index (κ3) is 4.40. The number of amides is 2. The second-order valence-electron chi connectivity index (χ2n) is 5.49. The number of hydrogen-bond donors (Lipinski definition) is 2. The molecule has 2 aromatic carbocycles. The van der Waals surface area contributed by atoms with Crippen LogP contribution in [0.1, 0.15) is 10.4 Å². The minimum absolute atomic E-state index is 0.264. The van der Waals surface area contributed by atoms with Crippen LogP contribution in [0, 0.1) is 0 Å². The molecule has 9 nitrogen and oxygen atoms in total. The number of hydrogen-bond acceptors (Lipinski definition) is 6. The molecule has 0 aliphatic rings. The van der Waals surface area contributed by atoms with Gasteiger partial charge in [0, 0.05) is 5.56 Å². The largest absolute Gasteiger partial charge is 0.495 e. The number of methoxy groups -OCH3 is 1. The van der Waals surface area contributed by atoms with Crippen molar-refractivity contribution in [3.05, 3.63) is 60.7 Å². The average Bonchev–Trinajstić information content (AvgIpc) is 3.21. The monoisotopic (exact) mass is 367 g/mol. The first-order valence-electron chi connectivity index (χ1n) is 7.92. The number of anilines is 1. The third-order valence-corrected chi connectivity index (χ3v) is 3.63. The van der Waals surface area contributed by atoms with E-state index in [1.807, 2.05) is 6.07 Å². The molecule has 3 N–H and O–H groups in total. The molecule has 138 valence electrons. The number of primary amides is 1. The first kappa shape index (κ1) is 17.9. The topological polar surface area (TPSA) is 121 Å². The van der Waals surface area contributed by atoms with Crippen molar-refractivity contribution in [2.24, 2.45) is 5.73 Å². The molecule has 0 spiro atoms. The Labute approximate surface area is 154 Å². The maximum absolute atomic E-state index is 12.6. The molecule has 3 rings (SSSR count). The van der Waals surface area contributed by atoms with Gasteiger partial charge in [0.1, 0.15) is 24.2 Å². The van der Waals surface area contributed by atoms with E-state index in [9.17, 15) is 9.59 Å². The highest BCUT2D eigenvalue weighted by atomic mass is 16.5. The zero-order valence-electron chi connectivity index (χ0n) is 14.5. The second-order valence-corrected chi connectivity index (χ2v) is 5.49. The molecule has 0 aliphatic heterocycles. The summed E-state index contributed by atoms with van der Waals surface area (Å²) in [6.45, 7) is -0.264. The van der Waals surface area contributed by atoms with E-state index < -0.39 is 5.91 Å². The Morgan fingerprint density at radius 3 is 2.63 bits per heavy atom. The van der Waals surface area contributed by atoms with Crippen LogP contribution in [0.25, 0.3) is 5.69 Å². The van der Waals surface area contributed by atoms with Crippen LogP contribution >= 0.6 is 0 Å². The molecule has 3 aromatic rings. The Kier molecular flexibility index (Phi) is 5.31. The number of nitrogens with zero attached hydrogens (tertiary/aromatic N) is 3. The summed E-state index contributed by atoms with van der Waals surface area (Å²) in [7, 11) is 1.52. The Balaban J connectivity index is 1.82. The summed E-state index contributed by atoms with van der Waals surface area (Å²) in [5.74, 6) is -0.0907. The van der Waals surface area contributed by atoms with Crippen LogP contribution in [0.4, 0.5) is 5.69 Å². The molecule has 27 heavy (non-hydrogen) atoms. The summed E-state index contributed by atoms with van der Waals surface area (Å²) < 4.78 is 12.2. The van der Waals surface area contributed by atoms with Crippen molar-refractivity contribution in [3.63, 3.8) is 0 Å². The van der Waals surface area contributed by atoms with E-state index in [0.717, 1.165) is 5.69 Å². The van der Waals surface area contributed by atoms with Crippen LogP contribution in [0.5, 0.6) is 11.5 Å². The van der Waals surface area contributed by atoms with Crippen LogP contribution in [0.3, 0.4) is 0 Å². The van der Waals surface area contributed by atoms with Gasteiger partial charge in [0.2, 0.25) is 0 Å². The number of rotatable bonds is 7. The Morgan fingerprint density at radius 1 is 1.15 bits per heavy atom. The van der Waals surface area contributed by atoms with Crippen molar-refractivity contribution < 1.29 is 19.1 Å². The maximum Gasteiger partial charge on any atom is 0.255 e. The fraction of sp³-hybridized carbons (Fsp3) is 0.111. The van der Waals surface area contributed by atoms with Gasteiger partial charge in [-0.1, -0.05) is 6.07 Å². The Morgan fingerprint density at radius 2 is 1.93 bits per heavy atom. The van der Waals surface area contributed by atoms with Crippen molar-refractivity contribution in [1.29, 1.82) is 0 Å². The molecule has 1 heterocycles. The lowest BCUT2D eigenvalue weighted by Crippen LogP contribution is -2.20. The minimum atomic E-state index is -0.597. The normalized spacial score (nSPS) is 10.3. The zero-order chi connectivity index (χ0) is 19.2. The molecule has 0 aliphatic carbocycles. The highest BCUT2D eigenvalue weighted by Gasteiger charge is 2.12. The molecular weight excluding hydrogens is 350 g/mol. The summed E-state index contributed by atoms with van der Waals surface area (Å²) >= 11 is 0. The van der Waals surface area contributed by atoms with E-state index >= 15 is 0 Å². The van der Waals surface area contributed by atoms with Gasteiger partial charge in [0.15, 0.2) is 6.61 Å². The van der Waals surface area contributed by atoms with E-state index in [-0.39, 0.29) is 12.5 Å². The fourth-order valence-electron chi connectivity index (χ4n) is 2.36. The Hall–Kier alpha value is -3.88. The van der Waals surface area contributed by atoms with Gasteiger partial charge in [0.25, 0.3) is 11.8 Å². The van der Waals surface area contributed by atoms with Gasteiger partial charge in [-0.3, -0.25) is 14.2 Å². The summed E-state index contributed by atoms with van der Waals surface area (Å²) in [6.07, 6.45) is 3.10. The predicted molar refractivity (Wildman–Crippen MR) is 97.0 cm³/mol. The van der Waals surface area contributed by atoms with E-state index in [1.54, 1.807) is 47.6 Å². The van der Waals surface area contributed by atoms with E-state index in [1.165, 1.54) is 13.2 Å². The van der Waals surface area contributed by atoms with Gasteiger partial charge in [-0.05, 0) is 36.4 Å². The quantitative estimate of drug-likeness (QED) is 0.651. The van der Waals surface area contributed by atoms with E-state index in [2.05, 4.69) is 15.5 Å². The van der Waals surface area contributed by atoms with Crippen LogP contribution in [0.2, 0.25) is 0 Å². The number of carbonyl (C=O) groups is 2. The molecule has 1 aromatic heterocycles. The number of nitrogens with one attached hydrogen (secondary N) is 1. The molecule has 9 heteroatoms. The van der Waals surface area contributed by atoms with Crippen molar-refractivity contribution in [1.82, 2.24) is 14.8 Å². The van der Waals surface area contributed by atoms with Crippen LogP contribution in [-0.4, -0.2) is 40.3 Å². The summed E-state index contributed by atoms with van der Waals surface area (Å²) in [5, 5.41) is 10.3. The highest BCUT2D eigenvalue weighted by molar-refractivity contribution is 6.05. The van der Waals surface area contributed by atoms with E-state index in [0.29, 0.717) is 22.7 Å². The standard InChI is InChI=1S/C18H17N5O4/c1-26-16-6-5-13(23-10-20-21-11-23)8-15(16)22-18(25)12-3-2-4-14(7-12)27-9-17(19)24/h2-8,10-11H,9H2,1H3,(H2,19,24)(H,22,25).